The van der Waals surface area contributed by atoms with Gasteiger partial charge < -0.3 is 5.32 Å². The van der Waals surface area contributed by atoms with E-state index in [0.717, 1.165) is 12.0 Å². The molecule has 0 aromatic heterocycles. The lowest BCUT2D eigenvalue weighted by atomic mass is 9.96. The smallest absolute Gasteiger partial charge is 0.253 e. The first-order valence-corrected chi connectivity index (χ1v) is 6.10. The molecule has 1 aromatic rings. The van der Waals surface area contributed by atoms with Crippen LogP contribution in [0.3, 0.4) is 0 Å². The minimum atomic E-state index is -2.33. The molecule has 1 nitrogen and oxygen atoms in total. The Kier molecular flexibility index (Phi) is 5.56. The number of alkyl halides is 2. The van der Waals surface area contributed by atoms with Crippen molar-refractivity contribution >= 4 is 0 Å². The van der Waals surface area contributed by atoms with Gasteiger partial charge in [0.25, 0.3) is 6.43 Å². The van der Waals surface area contributed by atoms with Gasteiger partial charge in [-0.1, -0.05) is 44.2 Å². The maximum Gasteiger partial charge on any atom is 0.253 e. The summed E-state index contributed by atoms with van der Waals surface area (Å²) in [5.41, 5.74) is 1.08. The minimum Gasteiger partial charge on any atom is -0.302 e. The van der Waals surface area contributed by atoms with Gasteiger partial charge in [-0.2, -0.15) is 0 Å². The van der Waals surface area contributed by atoms with Crippen LogP contribution in [0.15, 0.2) is 30.3 Å². The molecule has 0 aliphatic rings. The Hall–Kier alpha value is -0.960. The molecule has 1 aromatic carbocycles. The molecule has 17 heavy (non-hydrogen) atoms. The molecule has 0 fully saturated rings. The average Bonchev–Trinajstić information content (AvgIpc) is 2.28. The van der Waals surface area contributed by atoms with Gasteiger partial charge >= 0.3 is 0 Å². The zero-order valence-electron chi connectivity index (χ0n) is 10.7. The van der Waals surface area contributed by atoms with E-state index in [1.54, 1.807) is 0 Å². The van der Waals surface area contributed by atoms with E-state index in [-0.39, 0.29) is 6.04 Å². The molecule has 0 aliphatic heterocycles. The van der Waals surface area contributed by atoms with Crippen LogP contribution in [0.2, 0.25) is 0 Å². The molecule has 0 radical (unpaired) electrons. The van der Waals surface area contributed by atoms with Crippen LogP contribution in [-0.4, -0.2) is 12.5 Å². The van der Waals surface area contributed by atoms with E-state index in [4.69, 9.17) is 0 Å². The Labute approximate surface area is 102 Å². The summed E-state index contributed by atoms with van der Waals surface area (Å²) in [5, 5.41) is 3.01. The van der Waals surface area contributed by atoms with Crippen LogP contribution in [0, 0.1) is 5.92 Å². The zero-order valence-corrected chi connectivity index (χ0v) is 10.7. The highest BCUT2D eigenvalue weighted by Crippen LogP contribution is 2.22. The molecule has 0 amide bonds. The van der Waals surface area contributed by atoms with E-state index in [1.165, 1.54) is 6.92 Å². The van der Waals surface area contributed by atoms with Gasteiger partial charge in [0.15, 0.2) is 0 Å². The van der Waals surface area contributed by atoms with E-state index in [1.807, 2.05) is 30.3 Å². The van der Waals surface area contributed by atoms with Crippen molar-refractivity contribution in [3.8, 4) is 0 Å². The second-order valence-corrected chi connectivity index (χ2v) is 4.88. The molecule has 1 rings (SSSR count). The lowest BCUT2D eigenvalue weighted by Crippen LogP contribution is -2.36. The fraction of sp³-hybridized carbons (Fsp3) is 0.571. The summed E-state index contributed by atoms with van der Waals surface area (Å²) in [6, 6.07) is 9.01. The normalized spacial score (nSPS) is 15.2. The van der Waals surface area contributed by atoms with Crippen molar-refractivity contribution < 1.29 is 8.78 Å². The number of hydrogen-bond acceptors (Lipinski definition) is 1. The lowest BCUT2D eigenvalue weighted by molar-refractivity contribution is 0.0979. The Morgan fingerprint density at radius 1 is 1.06 bits per heavy atom. The van der Waals surface area contributed by atoms with Crippen molar-refractivity contribution in [3.63, 3.8) is 0 Å². The molecular weight excluding hydrogens is 220 g/mol. The molecule has 0 bridgehead atoms. The summed E-state index contributed by atoms with van der Waals surface area (Å²) < 4.78 is 25.2. The highest BCUT2D eigenvalue weighted by molar-refractivity contribution is 5.19. The van der Waals surface area contributed by atoms with Gasteiger partial charge in [0, 0.05) is 6.04 Å². The van der Waals surface area contributed by atoms with Crippen LogP contribution in [0.1, 0.15) is 38.8 Å². The summed E-state index contributed by atoms with van der Waals surface area (Å²) in [4.78, 5) is 0. The Balaban J connectivity index is 2.74. The van der Waals surface area contributed by atoms with E-state index in [0.29, 0.717) is 5.92 Å². The first-order chi connectivity index (χ1) is 8.00. The third-order valence-electron chi connectivity index (χ3n) is 2.75. The molecular formula is C14H21F2N. The van der Waals surface area contributed by atoms with Crippen LogP contribution >= 0.6 is 0 Å². The van der Waals surface area contributed by atoms with E-state index in [9.17, 15) is 8.78 Å². The van der Waals surface area contributed by atoms with Gasteiger partial charge in [0.2, 0.25) is 0 Å². The number of benzene rings is 1. The molecule has 3 heteroatoms. The fourth-order valence-electron chi connectivity index (χ4n) is 1.85. The quantitative estimate of drug-likeness (QED) is 0.793. The molecule has 1 N–H and O–H groups in total. The van der Waals surface area contributed by atoms with Crippen molar-refractivity contribution in [2.75, 3.05) is 0 Å². The van der Waals surface area contributed by atoms with Crippen molar-refractivity contribution in [2.45, 2.75) is 45.7 Å². The van der Waals surface area contributed by atoms with Gasteiger partial charge in [-0.3, -0.25) is 0 Å². The van der Waals surface area contributed by atoms with Crippen LogP contribution in [0.25, 0.3) is 0 Å². The topological polar surface area (TPSA) is 12.0 Å². The van der Waals surface area contributed by atoms with Gasteiger partial charge in [-0.05, 0) is 24.8 Å². The van der Waals surface area contributed by atoms with Crippen LogP contribution < -0.4 is 5.32 Å². The fourth-order valence-corrected chi connectivity index (χ4v) is 1.85. The summed E-state index contributed by atoms with van der Waals surface area (Å²) in [5.74, 6) is 0.470. The van der Waals surface area contributed by atoms with Gasteiger partial charge in [0.1, 0.15) is 0 Å². The molecule has 0 saturated heterocycles. The third kappa shape index (κ3) is 4.82. The molecule has 2 unspecified atom stereocenters. The van der Waals surface area contributed by atoms with Gasteiger partial charge in [0.05, 0.1) is 6.04 Å². The number of nitrogens with one attached hydrogen (secondary N) is 1. The predicted molar refractivity (Wildman–Crippen MR) is 67.2 cm³/mol. The molecule has 0 heterocycles. The minimum absolute atomic E-state index is 0.000185. The molecule has 0 spiro atoms. The first kappa shape index (κ1) is 14.1. The second kappa shape index (κ2) is 6.70. The van der Waals surface area contributed by atoms with E-state index < -0.39 is 12.5 Å². The lowest BCUT2D eigenvalue weighted by Gasteiger charge is -2.25. The summed E-state index contributed by atoms with van der Waals surface area (Å²) in [6.45, 7) is 5.73. The first-order valence-electron chi connectivity index (χ1n) is 6.10. The number of hydrogen-bond donors (Lipinski definition) is 1. The molecule has 96 valence electrons. The van der Waals surface area contributed by atoms with E-state index >= 15 is 0 Å². The SMILES string of the molecule is CC(C)CC(NC(C)C(F)F)c1ccccc1. The molecule has 0 aliphatic carbocycles. The van der Waals surface area contributed by atoms with Gasteiger partial charge in [-0.25, -0.2) is 8.78 Å². The van der Waals surface area contributed by atoms with Crippen molar-refractivity contribution in [2.24, 2.45) is 5.92 Å². The number of rotatable bonds is 6. The molecule has 2 atom stereocenters. The Morgan fingerprint density at radius 3 is 2.12 bits per heavy atom. The zero-order chi connectivity index (χ0) is 12.8. The second-order valence-electron chi connectivity index (χ2n) is 4.88. The summed E-state index contributed by atoms with van der Waals surface area (Å²) >= 11 is 0. The Morgan fingerprint density at radius 2 is 1.65 bits per heavy atom. The maximum absolute atomic E-state index is 12.6. The monoisotopic (exact) mass is 241 g/mol. The average molecular weight is 241 g/mol. The van der Waals surface area contributed by atoms with Crippen molar-refractivity contribution in [1.82, 2.24) is 5.32 Å². The highest BCUT2D eigenvalue weighted by atomic mass is 19.3. The molecule has 0 saturated carbocycles. The largest absolute Gasteiger partial charge is 0.302 e. The van der Waals surface area contributed by atoms with E-state index in [2.05, 4.69) is 19.2 Å². The van der Waals surface area contributed by atoms with Gasteiger partial charge in [-0.15, -0.1) is 0 Å². The number of halogens is 2. The summed E-state index contributed by atoms with van der Waals surface area (Å²) in [6.07, 6.45) is -1.46. The standard InChI is InChI=1S/C14H21F2N/c1-10(2)9-13(17-11(3)14(15)16)12-7-5-4-6-8-12/h4-8,10-11,13-14,17H,9H2,1-3H3. The third-order valence-corrected chi connectivity index (χ3v) is 2.75. The van der Waals surface area contributed by atoms with Crippen LogP contribution in [-0.2, 0) is 0 Å². The summed E-state index contributed by atoms with van der Waals surface area (Å²) in [7, 11) is 0. The Bertz CT molecular complexity index is 311. The van der Waals surface area contributed by atoms with Crippen molar-refractivity contribution in [1.29, 1.82) is 0 Å². The predicted octanol–water partition coefficient (Wildman–Crippen LogP) is 4.02. The highest BCUT2D eigenvalue weighted by Gasteiger charge is 2.20. The van der Waals surface area contributed by atoms with Crippen molar-refractivity contribution in [3.05, 3.63) is 35.9 Å². The van der Waals surface area contributed by atoms with Crippen LogP contribution in [0.4, 0.5) is 8.78 Å². The maximum atomic E-state index is 12.6. The van der Waals surface area contributed by atoms with Crippen LogP contribution in [0.5, 0.6) is 0 Å².